The molecular formula is C23H24N2O5. The normalized spacial score (nSPS) is 16.8. The second kappa shape index (κ2) is 9.35. The Bertz CT molecular complexity index is 940. The predicted octanol–water partition coefficient (Wildman–Crippen LogP) is 2.98. The van der Waals surface area contributed by atoms with Gasteiger partial charge in [0, 0.05) is 24.2 Å². The Balaban J connectivity index is 1.49. The molecule has 1 N–H and O–H groups in total. The van der Waals surface area contributed by atoms with Crippen LogP contribution in [0.15, 0.2) is 54.6 Å². The topological polar surface area (TPSA) is 92.8 Å². The van der Waals surface area contributed by atoms with Crippen LogP contribution in [-0.2, 0) is 19.1 Å². The first-order valence-electron chi connectivity index (χ1n) is 9.77. The highest BCUT2D eigenvalue weighted by Gasteiger charge is 2.38. The van der Waals surface area contributed by atoms with Crippen LogP contribution in [0.5, 0.6) is 0 Å². The van der Waals surface area contributed by atoms with E-state index in [1.165, 1.54) is 6.92 Å². The van der Waals surface area contributed by atoms with E-state index in [-0.39, 0.29) is 30.7 Å². The first-order chi connectivity index (χ1) is 14.3. The molecule has 1 aliphatic heterocycles. The van der Waals surface area contributed by atoms with Gasteiger partial charge in [0.05, 0.1) is 12.0 Å². The molecule has 2 atom stereocenters. The number of nitrogens with zero attached hydrogens (tertiary/aromatic N) is 1. The van der Waals surface area contributed by atoms with Gasteiger partial charge in [-0.15, -0.1) is 0 Å². The van der Waals surface area contributed by atoms with Crippen LogP contribution in [0.2, 0.25) is 0 Å². The minimum atomic E-state index is -0.591. The maximum atomic E-state index is 12.4. The van der Waals surface area contributed by atoms with Gasteiger partial charge in [-0.05, 0) is 43.7 Å². The van der Waals surface area contributed by atoms with E-state index in [0.29, 0.717) is 11.3 Å². The number of amides is 2. The Labute approximate surface area is 175 Å². The Kier molecular flexibility index (Phi) is 6.61. The fourth-order valence-corrected chi connectivity index (χ4v) is 3.42. The number of anilines is 1. The Morgan fingerprint density at radius 1 is 1.10 bits per heavy atom. The lowest BCUT2D eigenvalue weighted by Crippen LogP contribution is -2.30. The van der Waals surface area contributed by atoms with Crippen molar-refractivity contribution >= 4 is 29.3 Å². The zero-order valence-electron chi connectivity index (χ0n) is 17.0. The molecule has 0 spiro atoms. The van der Waals surface area contributed by atoms with Gasteiger partial charge in [-0.3, -0.25) is 19.2 Å². The highest BCUT2D eigenvalue weighted by molar-refractivity contribution is 5.96. The average molecular weight is 408 g/mol. The molecule has 7 heteroatoms. The zero-order chi connectivity index (χ0) is 21.7. The van der Waals surface area contributed by atoms with E-state index in [9.17, 15) is 19.2 Å². The third-order valence-corrected chi connectivity index (χ3v) is 5.16. The molecule has 3 rings (SSSR count). The maximum absolute atomic E-state index is 12.4. The van der Waals surface area contributed by atoms with Crippen LogP contribution >= 0.6 is 0 Å². The van der Waals surface area contributed by atoms with Crippen molar-refractivity contribution < 1.29 is 23.9 Å². The second-order valence-corrected chi connectivity index (χ2v) is 7.32. The van der Waals surface area contributed by atoms with Crippen LogP contribution in [0.3, 0.4) is 0 Å². The zero-order valence-corrected chi connectivity index (χ0v) is 17.0. The van der Waals surface area contributed by atoms with Crippen molar-refractivity contribution in [3.8, 4) is 0 Å². The monoisotopic (exact) mass is 408 g/mol. The summed E-state index contributed by atoms with van der Waals surface area (Å²) < 4.78 is 5.12. The Morgan fingerprint density at radius 2 is 1.77 bits per heavy atom. The molecule has 0 unspecified atom stereocenters. The van der Waals surface area contributed by atoms with E-state index < -0.39 is 24.4 Å². The van der Waals surface area contributed by atoms with Gasteiger partial charge in [0.2, 0.25) is 5.91 Å². The van der Waals surface area contributed by atoms with Crippen molar-refractivity contribution in [3.63, 3.8) is 0 Å². The lowest BCUT2D eigenvalue weighted by atomic mass is 10.1. The van der Waals surface area contributed by atoms with Gasteiger partial charge in [0.1, 0.15) is 0 Å². The van der Waals surface area contributed by atoms with Crippen LogP contribution < -0.4 is 5.32 Å². The number of esters is 1. The fourth-order valence-electron chi connectivity index (χ4n) is 3.42. The number of likely N-dealkylation sites (tertiary alicyclic amines) is 1. The van der Waals surface area contributed by atoms with Crippen molar-refractivity contribution in [2.75, 3.05) is 18.5 Å². The maximum Gasteiger partial charge on any atom is 0.311 e. The SMILES string of the molecule is CC(=O)c1ccc(NC(=O)COC(=O)[C@@H]2CC(=O)N([C@H](C)c3ccccc3)C2)cc1. The second-order valence-electron chi connectivity index (χ2n) is 7.32. The summed E-state index contributed by atoms with van der Waals surface area (Å²) in [5.74, 6) is -1.82. The predicted molar refractivity (Wildman–Crippen MR) is 111 cm³/mol. The summed E-state index contributed by atoms with van der Waals surface area (Å²) in [5, 5.41) is 2.61. The van der Waals surface area contributed by atoms with Gasteiger partial charge in [-0.2, -0.15) is 0 Å². The molecule has 1 fully saturated rings. The minimum absolute atomic E-state index is 0.0662. The molecule has 1 heterocycles. The van der Waals surface area contributed by atoms with E-state index >= 15 is 0 Å². The van der Waals surface area contributed by atoms with E-state index in [1.807, 2.05) is 37.3 Å². The summed E-state index contributed by atoms with van der Waals surface area (Å²) in [5.41, 5.74) is 2.04. The Hall–Kier alpha value is -3.48. The molecule has 0 bridgehead atoms. The van der Waals surface area contributed by atoms with Crippen LogP contribution in [-0.4, -0.2) is 41.6 Å². The number of nitrogens with one attached hydrogen (secondary N) is 1. The molecule has 30 heavy (non-hydrogen) atoms. The third-order valence-electron chi connectivity index (χ3n) is 5.16. The summed E-state index contributed by atoms with van der Waals surface area (Å²) in [4.78, 5) is 49.7. The van der Waals surface area contributed by atoms with Crippen molar-refractivity contribution in [2.24, 2.45) is 5.92 Å². The Morgan fingerprint density at radius 3 is 2.40 bits per heavy atom. The van der Waals surface area contributed by atoms with Gasteiger partial charge in [-0.1, -0.05) is 30.3 Å². The average Bonchev–Trinajstić information content (AvgIpc) is 3.14. The molecule has 156 valence electrons. The molecule has 2 aromatic rings. The summed E-state index contributed by atoms with van der Waals surface area (Å²) in [6.07, 6.45) is 0.0735. The standard InChI is InChI=1S/C23H24N2O5/c1-15(17-6-4-3-5-7-17)25-13-19(12-22(25)28)23(29)30-14-21(27)24-20-10-8-18(9-11-20)16(2)26/h3-11,15,19H,12-14H2,1-2H3,(H,24,27)/t15-,19-/m1/s1. The largest absolute Gasteiger partial charge is 0.455 e. The van der Waals surface area contributed by atoms with E-state index in [4.69, 9.17) is 4.74 Å². The van der Waals surface area contributed by atoms with E-state index in [2.05, 4.69) is 5.32 Å². The van der Waals surface area contributed by atoms with E-state index in [0.717, 1.165) is 5.56 Å². The smallest absolute Gasteiger partial charge is 0.311 e. The lowest BCUT2D eigenvalue weighted by molar-refractivity contribution is -0.151. The van der Waals surface area contributed by atoms with Crippen molar-refractivity contribution in [3.05, 3.63) is 65.7 Å². The molecule has 1 aliphatic rings. The lowest BCUT2D eigenvalue weighted by Gasteiger charge is -2.25. The summed E-state index contributed by atoms with van der Waals surface area (Å²) in [6.45, 7) is 3.21. The third kappa shape index (κ3) is 5.11. The molecule has 0 aromatic heterocycles. The quantitative estimate of drug-likeness (QED) is 0.562. The van der Waals surface area contributed by atoms with Crippen molar-refractivity contribution in [1.29, 1.82) is 0 Å². The van der Waals surface area contributed by atoms with Crippen molar-refractivity contribution in [2.45, 2.75) is 26.3 Å². The number of rotatable bonds is 7. The summed E-state index contributed by atoms with van der Waals surface area (Å²) >= 11 is 0. The first kappa shape index (κ1) is 21.2. The number of hydrogen-bond acceptors (Lipinski definition) is 5. The van der Waals surface area contributed by atoms with Crippen LogP contribution in [0.25, 0.3) is 0 Å². The highest BCUT2D eigenvalue weighted by atomic mass is 16.5. The molecule has 2 amide bonds. The van der Waals surface area contributed by atoms with Gasteiger partial charge in [0.15, 0.2) is 12.4 Å². The minimum Gasteiger partial charge on any atom is -0.455 e. The van der Waals surface area contributed by atoms with Gasteiger partial charge < -0.3 is 15.0 Å². The number of carbonyl (C=O) groups excluding carboxylic acids is 4. The van der Waals surface area contributed by atoms with Gasteiger partial charge in [-0.25, -0.2) is 0 Å². The van der Waals surface area contributed by atoms with Crippen molar-refractivity contribution in [1.82, 2.24) is 4.90 Å². The summed E-state index contributed by atoms with van der Waals surface area (Å²) in [6, 6.07) is 15.9. The summed E-state index contributed by atoms with van der Waals surface area (Å²) in [7, 11) is 0. The number of ketones is 1. The van der Waals surface area contributed by atoms with E-state index in [1.54, 1.807) is 29.2 Å². The van der Waals surface area contributed by atoms with Gasteiger partial charge in [0.25, 0.3) is 5.91 Å². The fraction of sp³-hybridized carbons (Fsp3) is 0.304. The van der Waals surface area contributed by atoms with Crippen LogP contribution in [0.4, 0.5) is 5.69 Å². The molecule has 2 aromatic carbocycles. The highest BCUT2D eigenvalue weighted by Crippen LogP contribution is 2.29. The number of carbonyl (C=O) groups is 4. The van der Waals surface area contributed by atoms with Crippen LogP contribution in [0.1, 0.15) is 42.2 Å². The number of benzene rings is 2. The molecule has 1 saturated heterocycles. The molecular weight excluding hydrogens is 384 g/mol. The molecule has 0 saturated carbocycles. The molecule has 0 aliphatic carbocycles. The number of hydrogen-bond donors (Lipinski definition) is 1. The number of ether oxygens (including phenoxy) is 1. The molecule has 7 nitrogen and oxygen atoms in total. The van der Waals surface area contributed by atoms with Gasteiger partial charge >= 0.3 is 5.97 Å². The first-order valence-corrected chi connectivity index (χ1v) is 9.77. The molecule has 0 radical (unpaired) electrons. The van der Waals surface area contributed by atoms with Crippen LogP contribution in [0, 0.1) is 5.92 Å². The number of Topliss-reactive ketones (excluding diaryl/α,β-unsaturated/α-hetero) is 1.